The van der Waals surface area contributed by atoms with Crippen molar-refractivity contribution in [3.8, 4) is 65.6 Å². The van der Waals surface area contributed by atoms with Crippen LogP contribution in [0.2, 0.25) is 20.1 Å². The molecule has 0 saturated heterocycles. The summed E-state index contributed by atoms with van der Waals surface area (Å²) in [6.07, 6.45) is 1.000. The Hall–Kier alpha value is -11.9. The van der Waals surface area contributed by atoms with Gasteiger partial charge in [-0.15, -0.1) is 22.7 Å². The molecule has 4 atom stereocenters. The molecule has 0 spiro atoms. The van der Waals surface area contributed by atoms with Crippen LogP contribution in [0.3, 0.4) is 0 Å². The number of anilines is 3. The molecule has 764 valence electrons. The smallest absolute Gasteiger partial charge is 0.186 e. The zero-order valence-electron chi connectivity index (χ0n) is 88.4. The van der Waals surface area contributed by atoms with E-state index >= 15 is 0 Å². The van der Waals surface area contributed by atoms with Gasteiger partial charge in [0.2, 0.25) is 0 Å². The number of Topliss-reactive ketones (excluding diaryl/α,β-unsaturated/α-hetero) is 4. The first-order chi connectivity index (χ1) is 70.0. The highest BCUT2D eigenvalue weighted by Crippen LogP contribution is 2.52. The summed E-state index contributed by atoms with van der Waals surface area (Å²) < 4.78 is 33.4. The number of aryl methyl sites for hydroxylation is 7. The molecule has 11 aromatic carbocycles. The molecule has 0 N–H and O–H groups in total. The molecule has 28 heteroatoms. The summed E-state index contributed by atoms with van der Waals surface area (Å²) >= 11 is 31.6. The van der Waals surface area contributed by atoms with Gasteiger partial charge in [-0.2, -0.15) is 10.2 Å². The Morgan fingerprint density at radius 1 is 0.365 bits per heavy atom. The largest absolute Gasteiger partial charge is 0.361 e. The summed E-state index contributed by atoms with van der Waals surface area (Å²) in [5.41, 5.74) is 27.4. The van der Waals surface area contributed by atoms with Gasteiger partial charge in [-0.3, -0.25) is 33.5 Å². The van der Waals surface area contributed by atoms with Crippen LogP contribution in [0.4, 0.5) is 16.1 Å². The van der Waals surface area contributed by atoms with E-state index in [2.05, 4.69) is 116 Å². The van der Waals surface area contributed by atoms with Crippen molar-refractivity contribution in [3.63, 3.8) is 0 Å². The normalized spacial score (nSPS) is 13.8. The van der Waals surface area contributed by atoms with Crippen molar-refractivity contribution in [1.82, 2.24) is 44.5 Å². The number of carbonyl (C=O) groups is 4. The molecule has 18 aromatic rings. The van der Waals surface area contributed by atoms with Crippen LogP contribution in [0.1, 0.15) is 208 Å². The van der Waals surface area contributed by atoms with Gasteiger partial charge < -0.3 is 33.6 Å². The number of aromatic nitrogens is 9. The van der Waals surface area contributed by atoms with E-state index in [1.807, 2.05) is 269 Å². The second-order valence-corrected chi connectivity index (χ2v) is 48.2. The summed E-state index contributed by atoms with van der Waals surface area (Å²) in [6, 6.07) is 64.9. The van der Waals surface area contributed by atoms with E-state index in [-0.39, 0.29) is 23.1 Å². The molecule has 2 aliphatic rings. The number of pyridine rings is 1. The Morgan fingerprint density at radius 2 is 0.676 bits per heavy atom. The van der Waals surface area contributed by atoms with E-state index in [4.69, 9.17) is 85.3 Å². The standard InChI is InChI=1S/C31H33ClN4O2S.C30H30ClN3O2S.C30H31ClN2O2S.C29H30ClN3O2S/c1-17-15-23-28(39-30(33-23)20-11-14-22-24(16-20)36(8)34-29(22)35(6)7)26(19-9-12-21(32)13-10-19)25(17)27(18(2)37)38-31(3,4)5;1-16-14-23-28(37-29(32-23)20-10-13-22-17(2)33-34(7)24(22)15-20)26(19-8-11-21(31)12-9-19)25(16)27(18(3)35)36-30(4,5)6;1-18-16-24-28(36-29(32-24)33-15-14-20-8-6-7-9-22(20)17-33)26(21-10-12-23(31)13-11-21)25(18)27(19(2)34)35-30(3,4)5;1-17-15-23-27(36-28(32-23)33-14-12-22-20(16-33)7-6-13-31-22)25(19-8-10-21(30)11-9-19)24(17)26(18(2)34)35-29(3,4)5/h9-16,27H,1-8H3;8-15,27H,1-7H3;6-13,16,27H,14-15,17H2,1-5H3;6-11,13,15,26H,12,14,16H2,1-5H3/t3*27-;26-/m1111/s1. The van der Waals surface area contributed by atoms with Crippen LogP contribution >= 0.6 is 91.8 Å². The number of ketones is 4. The predicted molar refractivity (Wildman–Crippen MR) is 615 cm³/mol. The number of thiazole rings is 4. The van der Waals surface area contributed by atoms with Gasteiger partial charge in [0.1, 0.15) is 34.4 Å². The van der Waals surface area contributed by atoms with Crippen molar-refractivity contribution >= 4 is 194 Å². The van der Waals surface area contributed by atoms with Gasteiger partial charge in [-0.25, -0.2) is 19.9 Å². The SMILES string of the molecule is CC(=O)[C@@H](OC(C)(C)C)c1c(C)cc2nc(-c3ccc4c(C)nn(C)c4c3)sc2c1-c1ccc(Cl)cc1.CC(=O)[C@@H](OC(C)(C)C)c1c(C)cc2nc(-c3ccc4c(N(C)C)nn(C)c4c3)sc2c1-c1ccc(Cl)cc1.CC(=O)[C@@H](OC(C)(C)C)c1c(C)cc2nc(N3CCc4ccccc4C3)sc2c1-c1ccc(Cl)cc1.CC(=O)[C@@H](OC(C)(C)C)c1c(C)cc2nc(N3CCc4ncccc4C3)sc2c1-c1ccc(Cl)cc1. The van der Waals surface area contributed by atoms with Crippen LogP contribution in [-0.4, -0.2) is 117 Å². The molecule has 2 aliphatic heterocycles. The second-order valence-electron chi connectivity index (χ2n) is 42.5. The van der Waals surface area contributed by atoms with Gasteiger partial charge in [-0.05, 0) is 310 Å². The van der Waals surface area contributed by atoms with Crippen LogP contribution in [0.15, 0.2) is 200 Å². The highest BCUT2D eigenvalue weighted by atomic mass is 35.5. The molecular formula is C120H124Cl4N12O8S4. The van der Waals surface area contributed by atoms with Crippen LogP contribution in [0.5, 0.6) is 0 Å². The minimum atomic E-state index is -0.708. The van der Waals surface area contributed by atoms with Crippen molar-refractivity contribution in [3.05, 3.63) is 293 Å². The number of hydrogen-bond acceptors (Lipinski definition) is 22. The van der Waals surface area contributed by atoms with Gasteiger partial charge in [0.15, 0.2) is 39.2 Å². The summed E-state index contributed by atoms with van der Waals surface area (Å²) in [5, 5.41) is 17.9. The van der Waals surface area contributed by atoms with Crippen LogP contribution in [-0.2, 0) is 78.2 Å². The number of ether oxygens (including phenoxy) is 4. The Balaban J connectivity index is 0.000000135. The van der Waals surface area contributed by atoms with Crippen molar-refractivity contribution < 1.29 is 38.1 Å². The summed E-state index contributed by atoms with van der Waals surface area (Å²) in [6.45, 7) is 43.7. The molecule has 0 aliphatic carbocycles. The van der Waals surface area contributed by atoms with E-state index in [1.54, 1.807) is 73.0 Å². The molecule has 0 unspecified atom stereocenters. The first-order valence-electron chi connectivity index (χ1n) is 49.6. The third-order valence-electron chi connectivity index (χ3n) is 26.1. The fraction of sp³-hybridized carbons (Fsp3) is 0.325. The van der Waals surface area contributed by atoms with Gasteiger partial charge in [-0.1, -0.05) is 166 Å². The van der Waals surface area contributed by atoms with E-state index in [1.165, 1.54) is 22.4 Å². The minimum Gasteiger partial charge on any atom is -0.361 e. The monoisotopic (exact) mass is 2130 g/mol. The van der Waals surface area contributed by atoms with Gasteiger partial charge in [0.25, 0.3) is 0 Å². The Kier molecular flexibility index (Phi) is 31.4. The highest BCUT2D eigenvalue weighted by molar-refractivity contribution is 7.23. The number of hydrogen-bond donors (Lipinski definition) is 0. The molecule has 20 rings (SSSR count). The Morgan fingerprint density at radius 3 is 1.03 bits per heavy atom. The quantitative estimate of drug-likeness (QED) is 0.0653. The van der Waals surface area contributed by atoms with E-state index in [0.717, 1.165) is 234 Å². The zero-order valence-corrected chi connectivity index (χ0v) is 94.7. The second kappa shape index (κ2) is 43.2. The lowest BCUT2D eigenvalue weighted by Crippen LogP contribution is -2.30. The number of rotatable bonds is 21. The van der Waals surface area contributed by atoms with E-state index in [9.17, 15) is 19.2 Å². The Labute approximate surface area is 901 Å². The average Bonchev–Trinajstić information content (AvgIpc) is 1.66. The van der Waals surface area contributed by atoms with Gasteiger partial charge in [0, 0.05) is 159 Å². The van der Waals surface area contributed by atoms with Crippen molar-refractivity contribution in [1.29, 1.82) is 0 Å². The van der Waals surface area contributed by atoms with Crippen molar-refractivity contribution in [2.24, 2.45) is 14.1 Å². The Bertz CT molecular complexity index is 7920. The third kappa shape index (κ3) is 23.5. The molecule has 0 fully saturated rings. The summed E-state index contributed by atoms with van der Waals surface area (Å²) in [7, 11) is 7.92. The lowest BCUT2D eigenvalue weighted by molar-refractivity contribution is -0.139. The minimum absolute atomic E-state index is 0.0139. The molecule has 20 nitrogen and oxygen atoms in total. The van der Waals surface area contributed by atoms with E-state index in [0.29, 0.717) is 20.1 Å². The number of halogens is 4. The number of nitrogens with zero attached hydrogens (tertiary/aromatic N) is 12. The molecule has 148 heavy (non-hydrogen) atoms. The average molecular weight is 2130 g/mol. The zero-order chi connectivity index (χ0) is 106. The fourth-order valence-corrected chi connectivity index (χ4v) is 24.6. The third-order valence-corrected chi connectivity index (χ3v) is 31.6. The van der Waals surface area contributed by atoms with Crippen molar-refractivity contribution in [2.45, 2.75) is 218 Å². The van der Waals surface area contributed by atoms with Gasteiger partial charge >= 0.3 is 0 Å². The predicted octanol–water partition coefficient (Wildman–Crippen LogP) is 31.5. The van der Waals surface area contributed by atoms with E-state index < -0.39 is 46.8 Å². The lowest BCUT2D eigenvalue weighted by atomic mass is 9.90. The maximum atomic E-state index is 13.0. The van der Waals surface area contributed by atoms with Crippen molar-refractivity contribution in [2.75, 3.05) is 41.9 Å². The van der Waals surface area contributed by atoms with Crippen LogP contribution < -0.4 is 14.7 Å². The molecule has 9 heterocycles. The first kappa shape index (κ1) is 107. The maximum absolute atomic E-state index is 13.0. The summed E-state index contributed by atoms with van der Waals surface area (Å²) in [5.74, 6) is 0.829. The molecule has 0 bridgehead atoms. The molecular weight excluding hydrogens is 2010 g/mol. The molecule has 0 amide bonds. The molecule has 0 radical (unpaired) electrons. The number of benzene rings is 11. The maximum Gasteiger partial charge on any atom is 0.186 e. The number of carbonyl (C=O) groups excluding carboxylic acids is 4. The molecule has 7 aromatic heterocycles. The first-order valence-corrected chi connectivity index (χ1v) is 54.4. The summed E-state index contributed by atoms with van der Waals surface area (Å²) in [4.78, 5) is 83.4. The highest BCUT2D eigenvalue weighted by Gasteiger charge is 2.38. The number of fused-ring (bicyclic) bond motifs is 8. The topological polar surface area (TPSA) is 215 Å². The van der Waals surface area contributed by atoms with Crippen LogP contribution in [0.25, 0.3) is 128 Å². The lowest BCUT2D eigenvalue weighted by Gasteiger charge is -2.29. The van der Waals surface area contributed by atoms with Gasteiger partial charge in [0.05, 0.1) is 80.0 Å². The molecule has 0 saturated carbocycles. The van der Waals surface area contributed by atoms with Crippen LogP contribution in [0, 0.1) is 34.6 Å². The fourth-order valence-electron chi connectivity index (χ4n) is 19.6.